The van der Waals surface area contributed by atoms with Gasteiger partial charge < -0.3 is 24.3 Å². The number of ether oxygens (including phenoxy) is 2. The molecule has 1 amide bonds. The van der Waals surface area contributed by atoms with Crippen molar-refractivity contribution in [1.29, 1.82) is 0 Å². The Morgan fingerprint density at radius 1 is 1.31 bits per heavy atom. The summed E-state index contributed by atoms with van der Waals surface area (Å²) in [4.78, 5) is 24.4. The Balaban J connectivity index is 1.54. The Kier molecular flexibility index (Phi) is 6.21. The fourth-order valence-corrected chi connectivity index (χ4v) is 4.89. The molecule has 1 N–H and O–H groups in total. The predicted molar refractivity (Wildman–Crippen MR) is 135 cm³/mol. The van der Waals surface area contributed by atoms with Gasteiger partial charge >= 0.3 is 0 Å². The van der Waals surface area contributed by atoms with E-state index in [1.165, 1.54) is 11.9 Å². The number of amides is 1. The molecule has 3 aromatic heterocycles. The smallest absolute Gasteiger partial charge is 0.236 e. The largest absolute Gasteiger partial charge is 0.493 e. The Bertz CT molecular complexity index is 1370. The maximum atomic E-state index is 12.6. The van der Waals surface area contributed by atoms with Crippen LogP contribution < -0.4 is 4.74 Å². The van der Waals surface area contributed by atoms with Crippen LogP contribution in [-0.2, 0) is 9.53 Å². The summed E-state index contributed by atoms with van der Waals surface area (Å²) in [6.45, 7) is 6.53. The minimum Gasteiger partial charge on any atom is -0.493 e. The topological polar surface area (TPSA) is 88.0 Å². The molecule has 4 aromatic rings. The van der Waals surface area contributed by atoms with E-state index in [0.717, 1.165) is 27.7 Å². The number of aromatic nitrogens is 4. The normalized spacial score (nSPS) is 16.7. The van der Waals surface area contributed by atoms with Crippen LogP contribution in [0.4, 0.5) is 0 Å². The molecule has 0 saturated carbocycles. The number of morpholine rings is 1. The molecule has 1 atom stereocenters. The van der Waals surface area contributed by atoms with Crippen molar-refractivity contribution in [2.45, 2.75) is 25.9 Å². The lowest BCUT2D eigenvalue weighted by molar-refractivity contribution is -0.139. The van der Waals surface area contributed by atoms with Gasteiger partial charge in [-0.05, 0) is 49.3 Å². The molecule has 0 spiro atoms. The minimum absolute atomic E-state index is 0.133. The van der Waals surface area contributed by atoms with E-state index in [2.05, 4.69) is 47.1 Å². The zero-order valence-electron chi connectivity index (χ0n) is 20.9. The van der Waals surface area contributed by atoms with E-state index in [1.54, 1.807) is 11.6 Å². The molecule has 1 aliphatic heterocycles. The third-order valence-electron chi connectivity index (χ3n) is 6.53. The van der Waals surface area contributed by atoms with Gasteiger partial charge in [-0.1, -0.05) is 19.9 Å². The first-order valence-corrected chi connectivity index (χ1v) is 11.9. The third-order valence-corrected chi connectivity index (χ3v) is 6.53. The van der Waals surface area contributed by atoms with Gasteiger partial charge in [-0.2, -0.15) is 5.10 Å². The second-order valence-corrected chi connectivity index (χ2v) is 9.64. The SMILES string of the molecule is COc1cc(-c2[nH]c3ccc(C4CN(C(=O)CN(C)C)CCO4)cc3c2C(C)C)cn2ncnc12. The highest BCUT2D eigenvalue weighted by atomic mass is 16.5. The van der Waals surface area contributed by atoms with Gasteiger partial charge in [0.2, 0.25) is 5.91 Å². The van der Waals surface area contributed by atoms with Crippen molar-refractivity contribution in [2.75, 3.05) is 47.4 Å². The van der Waals surface area contributed by atoms with Crippen LogP contribution in [0.5, 0.6) is 5.75 Å². The molecular weight excluding hydrogens is 444 g/mol. The van der Waals surface area contributed by atoms with E-state index >= 15 is 0 Å². The molecule has 1 aromatic carbocycles. The van der Waals surface area contributed by atoms with Gasteiger partial charge in [0.25, 0.3) is 0 Å². The first kappa shape index (κ1) is 23.3. The summed E-state index contributed by atoms with van der Waals surface area (Å²) in [7, 11) is 5.47. The Morgan fingerprint density at radius 3 is 2.89 bits per heavy atom. The Hall–Kier alpha value is -3.43. The number of fused-ring (bicyclic) bond motifs is 2. The van der Waals surface area contributed by atoms with Crippen molar-refractivity contribution < 1.29 is 14.3 Å². The van der Waals surface area contributed by atoms with Crippen molar-refractivity contribution >= 4 is 22.5 Å². The number of methoxy groups -OCH3 is 1. The fraction of sp³-hybridized carbons (Fsp3) is 0.423. The molecule has 35 heavy (non-hydrogen) atoms. The summed E-state index contributed by atoms with van der Waals surface area (Å²) in [6, 6.07) is 8.41. The molecule has 184 valence electrons. The first-order chi connectivity index (χ1) is 16.9. The molecule has 1 aliphatic rings. The fourth-order valence-electron chi connectivity index (χ4n) is 4.89. The molecule has 1 saturated heterocycles. The predicted octanol–water partition coefficient (Wildman–Crippen LogP) is 3.47. The lowest BCUT2D eigenvalue weighted by atomic mass is 9.95. The molecule has 0 radical (unpaired) electrons. The number of H-pyrrole nitrogens is 1. The summed E-state index contributed by atoms with van der Waals surface area (Å²) in [5.41, 5.74) is 6.06. The molecule has 9 heteroatoms. The molecule has 1 unspecified atom stereocenters. The molecule has 5 rings (SSSR count). The zero-order chi connectivity index (χ0) is 24.7. The van der Waals surface area contributed by atoms with Crippen molar-refractivity contribution in [1.82, 2.24) is 29.4 Å². The van der Waals surface area contributed by atoms with Gasteiger partial charge in [-0.25, -0.2) is 9.50 Å². The van der Waals surface area contributed by atoms with E-state index in [0.29, 0.717) is 37.6 Å². The summed E-state index contributed by atoms with van der Waals surface area (Å²) in [6.07, 6.45) is 3.35. The molecular formula is C26H32N6O3. The van der Waals surface area contributed by atoms with Crippen LogP contribution in [0.15, 0.2) is 36.8 Å². The number of hydrogen-bond donors (Lipinski definition) is 1. The van der Waals surface area contributed by atoms with Gasteiger partial charge in [-0.15, -0.1) is 0 Å². The number of aromatic amines is 1. The van der Waals surface area contributed by atoms with Crippen LogP contribution >= 0.6 is 0 Å². The summed E-state index contributed by atoms with van der Waals surface area (Å²) >= 11 is 0. The van der Waals surface area contributed by atoms with Gasteiger partial charge in [0.1, 0.15) is 12.4 Å². The Morgan fingerprint density at radius 2 is 2.14 bits per heavy atom. The van der Waals surface area contributed by atoms with Crippen LogP contribution in [-0.4, -0.2) is 82.7 Å². The number of carbonyl (C=O) groups is 1. The summed E-state index contributed by atoms with van der Waals surface area (Å²) in [5.74, 6) is 1.08. The van der Waals surface area contributed by atoms with Crippen LogP contribution in [0.3, 0.4) is 0 Å². The minimum atomic E-state index is -0.149. The lowest BCUT2D eigenvalue weighted by Crippen LogP contribution is -2.45. The highest BCUT2D eigenvalue weighted by Crippen LogP contribution is 2.38. The summed E-state index contributed by atoms with van der Waals surface area (Å²) < 4.78 is 13.4. The zero-order valence-corrected chi connectivity index (χ0v) is 20.9. The van der Waals surface area contributed by atoms with E-state index in [4.69, 9.17) is 9.47 Å². The quantitative estimate of drug-likeness (QED) is 0.459. The lowest BCUT2D eigenvalue weighted by Gasteiger charge is -2.34. The van der Waals surface area contributed by atoms with Gasteiger partial charge in [0.05, 0.1) is 32.5 Å². The van der Waals surface area contributed by atoms with Crippen molar-refractivity contribution in [3.05, 3.63) is 47.9 Å². The standard InChI is InChI=1S/C26H32N6O3/c1-16(2)24-19-10-17(22-13-31(8-9-35-22)23(33)14-30(3)4)6-7-20(19)29-25(24)18-11-21(34-5)26-27-15-28-32(26)12-18/h6-7,10-12,15-16,22,29H,8-9,13-14H2,1-5H3. The third kappa shape index (κ3) is 4.37. The maximum absolute atomic E-state index is 12.6. The number of nitrogens with zero attached hydrogens (tertiary/aromatic N) is 5. The number of pyridine rings is 1. The van der Waals surface area contributed by atoms with Crippen LogP contribution in [0.25, 0.3) is 27.8 Å². The molecule has 1 fully saturated rings. The number of hydrogen-bond acceptors (Lipinski definition) is 6. The highest BCUT2D eigenvalue weighted by molar-refractivity contribution is 5.92. The van der Waals surface area contributed by atoms with Crippen molar-refractivity contribution in [3.63, 3.8) is 0 Å². The van der Waals surface area contributed by atoms with Gasteiger partial charge in [-0.3, -0.25) is 4.79 Å². The molecule has 9 nitrogen and oxygen atoms in total. The number of benzene rings is 1. The van der Waals surface area contributed by atoms with E-state index in [9.17, 15) is 4.79 Å². The molecule has 0 aliphatic carbocycles. The van der Waals surface area contributed by atoms with Crippen molar-refractivity contribution in [2.24, 2.45) is 0 Å². The molecule has 0 bridgehead atoms. The van der Waals surface area contributed by atoms with Crippen molar-refractivity contribution in [3.8, 4) is 17.0 Å². The number of carbonyl (C=O) groups excluding carboxylic acids is 1. The maximum Gasteiger partial charge on any atom is 0.236 e. The Labute approximate surface area is 204 Å². The van der Waals surface area contributed by atoms with Gasteiger partial charge in [0, 0.05) is 29.2 Å². The first-order valence-electron chi connectivity index (χ1n) is 11.9. The van der Waals surface area contributed by atoms with Crippen LogP contribution in [0.1, 0.15) is 37.0 Å². The number of likely N-dealkylation sites (N-methyl/N-ethyl adjacent to an activating group) is 1. The average Bonchev–Trinajstić information content (AvgIpc) is 3.47. The van der Waals surface area contributed by atoms with Crippen LogP contribution in [0, 0.1) is 0 Å². The number of nitrogens with one attached hydrogen (secondary N) is 1. The van der Waals surface area contributed by atoms with Gasteiger partial charge in [0.15, 0.2) is 11.4 Å². The number of rotatable bonds is 6. The summed E-state index contributed by atoms with van der Waals surface area (Å²) in [5, 5.41) is 5.47. The second kappa shape index (κ2) is 9.31. The van der Waals surface area contributed by atoms with E-state index in [1.807, 2.05) is 36.2 Å². The second-order valence-electron chi connectivity index (χ2n) is 9.64. The molecule has 4 heterocycles. The van der Waals surface area contributed by atoms with Crippen LogP contribution in [0.2, 0.25) is 0 Å². The monoisotopic (exact) mass is 476 g/mol. The van der Waals surface area contributed by atoms with E-state index < -0.39 is 0 Å². The van der Waals surface area contributed by atoms with E-state index in [-0.39, 0.29) is 17.9 Å². The average molecular weight is 477 g/mol. The highest BCUT2D eigenvalue weighted by Gasteiger charge is 2.27.